The molecule has 1 fully saturated rings. The first-order chi connectivity index (χ1) is 14.9. The van der Waals surface area contributed by atoms with Gasteiger partial charge >= 0.3 is 0 Å². The maximum absolute atomic E-state index is 13.5. The summed E-state index contributed by atoms with van der Waals surface area (Å²) < 4.78 is 28.1. The van der Waals surface area contributed by atoms with E-state index >= 15 is 0 Å². The quantitative estimate of drug-likeness (QED) is 0.532. The molecule has 31 heavy (non-hydrogen) atoms. The molecular formula is C22H18ClN3O4S. The molecule has 158 valence electrons. The molecule has 2 heterocycles. The van der Waals surface area contributed by atoms with Gasteiger partial charge in [-0.2, -0.15) is 4.31 Å². The van der Waals surface area contributed by atoms with E-state index in [0.29, 0.717) is 16.3 Å². The lowest BCUT2D eigenvalue weighted by Gasteiger charge is -2.27. The Morgan fingerprint density at radius 3 is 2.35 bits per heavy atom. The highest BCUT2D eigenvalue weighted by molar-refractivity contribution is 7.89. The van der Waals surface area contributed by atoms with Crippen LogP contribution in [0.5, 0.6) is 0 Å². The van der Waals surface area contributed by atoms with Crippen molar-refractivity contribution >= 4 is 39.1 Å². The van der Waals surface area contributed by atoms with E-state index in [-0.39, 0.29) is 17.9 Å². The number of hydrogen-bond donors (Lipinski definition) is 0. The Kier molecular flexibility index (Phi) is 5.86. The average molecular weight is 456 g/mol. The van der Waals surface area contributed by atoms with Gasteiger partial charge in [0.1, 0.15) is 6.04 Å². The van der Waals surface area contributed by atoms with Crippen molar-refractivity contribution in [3.8, 4) is 0 Å². The lowest BCUT2D eigenvalue weighted by atomic mass is 10.2. The summed E-state index contributed by atoms with van der Waals surface area (Å²) in [4.78, 5) is 31.0. The smallest absolute Gasteiger partial charge is 0.252 e. The molecule has 0 saturated carbocycles. The molecular weight excluding hydrogens is 438 g/mol. The van der Waals surface area contributed by atoms with E-state index in [1.165, 1.54) is 30.5 Å². The average Bonchev–Trinajstić information content (AvgIpc) is 3.07. The Hall–Kier alpha value is -3.07. The lowest BCUT2D eigenvalue weighted by molar-refractivity contribution is -0.122. The third-order valence-electron chi connectivity index (χ3n) is 4.97. The van der Waals surface area contributed by atoms with E-state index in [9.17, 15) is 18.0 Å². The molecule has 1 aromatic heterocycles. The number of rotatable bonds is 6. The SMILES string of the molecule is O=C1CC(N(Cc2cccnc2)S(=O)(=O)c2ccc(Cl)cc2)C(=O)N1c1ccccc1. The minimum atomic E-state index is -4.11. The first kappa shape index (κ1) is 21.2. The standard InChI is InChI=1S/C22H18ClN3O4S/c23-17-8-10-19(11-9-17)31(29,30)25(15-16-5-4-12-24-14-16)20-13-21(27)26(22(20)28)18-6-2-1-3-7-18/h1-12,14,20H,13,15H2. The summed E-state index contributed by atoms with van der Waals surface area (Å²) in [6.07, 6.45) is 2.85. The number of carbonyl (C=O) groups is 2. The first-order valence-corrected chi connectivity index (χ1v) is 11.3. The number of hydrogen-bond acceptors (Lipinski definition) is 5. The van der Waals surface area contributed by atoms with E-state index < -0.39 is 27.9 Å². The van der Waals surface area contributed by atoms with Crippen LogP contribution in [0.25, 0.3) is 0 Å². The van der Waals surface area contributed by atoms with Gasteiger partial charge in [-0.05, 0) is 48.0 Å². The van der Waals surface area contributed by atoms with Gasteiger partial charge in [-0.25, -0.2) is 13.3 Å². The Balaban J connectivity index is 1.75. The van der Waals surface area contributed by atoms with Crippen molar-refractivity contribution in [2.45, 2.75) is 23.9 Å². The minimum absolute atomic E-state index is 0.0146. The molecule has 0 spiro atoms. The number of carbonyl (C=O) groups excluding carboxylic acids is 2. The van der Waals surface area contributed by atoms with Crippen molar-refractivity contribution in [2.75, 3.05) is 4.90 Å². The van der Waals surface area contributed by atoms with Gasteiger partial charge in [0.15, 0.2) is 0 Å². The molecule has 0 radical (unpaired) electrons. The predicted molar refractivity (Wildman–Crippen MR) is 116 cm³/mol. The van der Waals surface area contributed by atoms with Crippen LogP contribution in [0.15, 0.2) is 84.0 Å². The lowest BCUT2D eigenvalue weighted by Crippen LogP contribution is -2.45. The van der Waals surface area contributed by atoms with Gasteiger partial charge < -0.3 is 0 Å². The zero-order valence-electron chi connectivity index (χ0n) is 16.3. The molecule has 9 heteroatoms. The van der Waals surface area contributed by atoms with Crippen LogP contribution < -0.4 is 4.90 Å². The van der Waals surface area contributed by atoms with Crippen LogP contribution in [-0.4, -0.2) is 35.6 Å². The summed E-state index contributed by atoms with van der Waals surface area (Å²) >= 11 is 5.91. The molecule has 3 aromatic rings. The van der Waals surface area contributed by atoms with Crippen molar-refractivity contribution in [3.63, 3.8) is 0 Å². The van der Waals surface area contributed by atoms with E-state index in [4.69, 9.17) is 11.6 Å². The van der Waals surface area contributed by atoms with Crippen LogP contribution in [0.3, 0.4) is 0 Å². The van der Waals surface area contributed by atoms with Crippen molar-refractivity contribution in [3.05, 3.63) is 89.7 Å². The molecule has 7 nitrogen and oxygen atoms in total. The summed E-state index contributed by atoms with van der Waals surface area (Å²) in [6.45, 7) is -0.106. The van der Waals surface area contributed by atoms with Gasteiger partial charge in [-0.15, -0.1) is 0 Å². The fourth-order valence-corrected chi connectivity index (χ4v) is 5.16. The predicted octanol–water partition coefficient (Wildman–Crippen LogP) is 3.26. The van der Waals surface area contributed by atoms with Crippen LogP contribution in [-0.2, 0) is 26.2 Å². The third kappa shape index (κ3) is 4.23. The third-order valence-corrected chi connectivity index (χ3v) is 7.09. The molecule has 2 aromatic carbocycles. The summed E-state index contributed by atoms with van der Waals surface area (Å²) in [6, 6.07) is 16.4. The normalized spacial score (nSPS) is 16.8. The van der Waals surface area contributed by atoms with E-state index in [2.05, 4.69) is 4.98 Å². The number of amides is 2. The van der Waals surface area contributed by atoms with Crippen molar-refractivity contribution in [2.24, 2.45) is 0 Å². The topological polar surface area (TPSA) is 87.6 Å². The highest BCUT2D eigenvalue weighted by Gasteiger charge is 2.46. The summed E-state index contributed by atoms with van der Waals surface area (Å²) in [5.74, 6) is -1.04. The molecule has 1 unspecified atom stereocenters. The zero-order valence-corrected chi connectivity index (χ0v) is 17.8. The van der Waals surface area contributed by atoms with Gasteiger partial charge in [0, 0.05) is 24.0 Å². The molecule has 0 aliphatic carbocycles. The van der Waals surface area contributed by atoms with E-state index in [0.717, 1.165) is 9.21 Å². The van der Waals surface area contributed by atoms with Crippen LogP contribution in [0.2, 0.25) is 5.02 Å². The van der Waals surface area contributed by atoms with E-state index in [1.807, 2.05) is 0 Å². The second-order valence-corrected chi connectivity index (χ2v) is 9.32. The van der Waals surface area contributed by atoms with Gasteiger partial charge in [0.05, 0.1) is 17.0 Å². The monoisotopic (exact) mass is 455 g/mol. The number of sulfonamides is 1. The van der Waals surface area contributed by atoms with Crippen molar-refractivity contribution in [1.82, 2.24) is 9.29 Å². The molecule has 0 N–H and O–H groups in total. The van der Waals surface area contributed by atoms with Crippen molar-refractivity contribution in [1.29, 1.82) is 0 Å². The molecule has 0 bridgehead atoms. The number of para-hydroxylation sites is 1. The Morgan fingerprint density at radius 1 is 1.00 bits per heavy atom. The van der Waals surface area contributed by atoms with E-state index in [1.54, 1.807) is 48.7 Å². The fourth-order valence-electron chi connectivity index (χ4n) is 3.47. The number of imide groups is 1. The Bertz CT molecular complexity index is 1200. The largest absolute Gasteiger partial charge is 0.274 e. The van der Waals surface area contributed by atoms with Gasteiger partial charge in [0.2, 0.25) is 15.9 Å². The summed E-state index contributed by atoms with van der Waals surface area (Å²) in [5, 5.41) is 0.389. The maximum Gasteiger partial charge on any atom is 0.252 e. The maximum atomic E-state index is 13.5. The van der Waals surface area contributed by atoms with Gasteiger partial charge in [-0.3, -0.25) is 14.6 Å². The first-order valence-electron chi connectivity index (χ1n) is 9.46. The second kappa shape index (κ2) is 8.58. The van der Waals surface area contributed by atoms with Crippen molar-refractivity contribution < 1.29 is 18.0 Å². The molecule has 1 saturated heterocycles. The zero-order chi connectivity index (χ0) is 22.0. The molecule has 2 amide bonds. The number of anilines is 1. The molecule has 4 rings (SSSR count). The molecule has 1 aliphatic heterocycles. The molecule has 1 atom stereocenters. The number of aromatic nitrogens is 1. The number of nitrogens with zero attached hydrogens (tertiary/aromatic N) is 3. The van der Waals surface area contributed by atoms with Crippen LogP contribution >= 0.6 is 11.6 Å². The van der Waals surface area contributed by atoms with Gasteiger partial charge in [-0.1, -0.05) is 35.9 Å². The second-order valence-electron chi connectivity index (χ2n) is 6.99. The van der Waals surface area contributed by atoms with Crippen LogP contribution in [0.4, 0.5) is 5.69 Å². The highest BCUT2D eigenvalue weighted by Crippen LogP contribution is 2.30. The molecule has 1 aliphatic rings. The van der Waals surface area contributed by atoms with Crippen LogP contribution in [0, 0.1) is 0 Å². The summed E-state index contributed by atoms with van der Waals surface area (Å²) in [7, 11) is -4.11. The van der Waals surface area contributed by atoms with Gasteiger partial charge in [0.25, 0.3) is 5.91 Å². The number of halogens is 1. The van der Waals surface area contributed by atoms with Crippen LogP contribution in [0.1, 0.15) is 12.0 Å². The Labute approximate surface area is 184 Å². The number of benzene rings is 2. The minimum Gasteiger partial charge on any atom is -0.274 e. The fraction of sp³-hybridized carbons (Fsp3) is 0.136. The summed E-state index contributed by atoms with van der Waals surface area (Å²) in [5.41, 5.74) is 1.00. The number of pyridine rings is 1. The highest BCUT2D eigenvalue weighted by atomic mass is 35.5. The Morgan fingerprint density at radius 2 is 1.71 bits per heavy atom.